The molecule has 18 heavy (non-hydrogen) atoms. The predicted octanol–water partition coefficient (Wildman–Crippen LogP) is 2.37. The number of halogens is 2. The van der Waals surface area contributed by atoms with Crippen molar-refractivity contribution in [2.45, 2.75) is 12.8 Å². The lowest BCUT2D eigenvalue weighted by Gasteiger charge is -2.13. The van der Waals surface area contributed by atoms with Gasteiger partial charge in [0.05, 0.1) is 17.3 Å². The minimum absolute atomic E-state index is 0.0360. The predicted molar refractivity (Wildman–Crippen MR) is 67.2 cm³/mol. The molecule has 1 aliphatic rings. The molecule has 1 aliphatic carbocycles. The zero-order valence-electron chi connectivity index (χ0n) is 9.67. The Bertz CT molecular complexity index is 463. The maximum atomic E-state index is 13.5. The number of carbonyl (C=O) groups excluding carboxylic acids is 1. The molecule has 0 radical (unpaired) electrons. The summed E-state index contributed by atoms with van der Waals surface area (Å²) in [5.41, 5.74) is -0.140. The van der Waals surface area contributed by atoms with Crippen molar-refractivity contribution in [3.63, 3.8) is 0 Å². The standard InChI is InChI=1S/C12H14ClFN2O2/c13-8-2-1-3-9(10(8)14)16-11(18)15-6-12(7-17)4-5-12/h1-3,17H,4-7H2,(H2,15,16,18). The quantitative estimate of drug-likeness (QED) is 0.788. The van der Waals surface area contributed by atoms with Gasteiger partial charge in [-0.05, 0) is 25.0 Å². The number of nitrogens with one attached hydrogen (secondary N) is 2. The zero-order valence-corrected chi connectivity index (χ0v) is 10.4. The second kappa shape index (κ2) is 5.12. The second-order valence-corrected chi connectivity index (χ2v) is 4.97. The van der Waals surface area contributed by atoms with Crippen molar-refractivity contribution in [2.75, 3.05) is 18.5 Å². The summed E-state index contributed by atoms with van der Waals surface area (Å²) in [5, 5.41) is 14.0. The van der Waals surface area contributed by atoms with Gasteiger partial charge in [0, 0.05) is 12.0 Å². The van der Waals surface area contributed by atoms with Crippen molar-refractivity contribution < 1.29 is 14.3 Å². The van der Waals surface area contributed by atoms with Crippen LogP contribution >= 0.6 is 11.6 Å². The van der Waals surface area contributed by atoms with Crippen LogP contribution in [0.4, 0.5) is 14.9 Å². The summed E-state index contributed by atoms with van der Waals surface area (Å²) in [4.78, 5) is 11.6. The first-order valence-electron chi connectivity index (χ1n) is 5.66. The fourth-order valence-corrected chi connectivity index (χ4v) is 1.78. The third-order valence-corrected chi connectivity index (χ3v) is 3.41. The minimum atomic E-state index is -0.655. The lowest BCUT2D eigenvalue weighted by atomic mass is 10.1. The molecule has 0 unspecified atom stereocenters. The first-order chi connectivity index (χ1) is 8.56. The fourth-order valence-electron chi connectivity index (χ4n) is 1.60. The van der Waals surface area contributed by atoms with Crippen molar-refractivity contribution in [1.29, 1.82) is 0 Å². The number of hydrogen-bond acceptors (Lipinski definition) is 2. The Balaban J connectivity index is 1.89. The van der Waals surface area contributed by atoms with Crippen LogP contribution in [0.5, 0.6) is 0 Å². The summed E-state index contributed by atoms with van der Waals surface area (Å²) in [6.45, 7) is 0.441. The first kappa shape index (κ1) is 13.1. The Morgan fingerprint density at radius 2 is 2.22 bits per heavy atom. The molecule has 1 aromatic rings. The summed E-state index contributed by atoms with van der Waals surface area (Å²) in [6.07, 6.45) is 1.80. The molecule has 0 atom stereocenters. The molecular formula is C12H14ClFN2O2. The Morgan fingerprint density at radius 1 is 1.50 bits per heavy atom. The van der Waals surface area contributed by atoms with Crippen LogP contribution in [0.3, 0.4) is 0 Å². The third kappa shape index (κ3) is 2.91. The van der Waals surface area contributed by atoms with Crippen molar-refractivity contribution >= 4 is 23.3 Å². The van der Waals surface area contributed by atoms with Crippen molar-refractivity contribution in [3.8, 4) is 0 Å². The van der Waals surface area contributed by atoms with Gasteiger partial charge in [-0.3, -0.25) is 0 Å². The van der Waals surface area contributed by atoms with E-state index in [4.69, 9.17) is 16.7 Å². The molecule has 0 aliphatic heterocycles. The third-order valence-electron chi connectivity index (χ3n) is 3.12. The van der Waals surface area contributed by atoms with Crippen LogP contribution in [0.25, 0.3) is 0 Å². The number of urea groups is 1. The molecule has 98 valence electrons. The van der Waals surface area contributed by atoms with Gasteiger partial charge >= 0.3 is 6.03 Å². The van der Waals surface area contributed by atoms with Gasteiger partial charge in [0.25, 0.3) is 0 Å². The summed E-state index contributed by atoms with van der Waals surface area (Å²) < 4.78 is 13.5. The van der Waals surface area contributed by atoms with Crippen LogP contribution in [0, 0.1) is 11.2 Å². The summed E-state index contributed by atoms with van der Waals surface area (Å²) in [5.74, 6) is -0.655. The maximum Gasteiger partial charge on any atom is 0.319 e. The van der Waals surface area contributed by atoms with Crippen molar-refractivity contribution in [1.82, 2.24) is 5.32 Å². The highest BCUT2D eigenvalue weighted by Crippen LogP contribution is 2.44. The van der Waals surface area contributed by atoms with Crippen LogP contribution < -0.4 is 10.6 Å². The van der Waals surface area contributed by atoms with Gasteiger partial charge in [0.2, 0.25) is 0 Å². The molecule has 1 aromatic carbocycles. The molecule has 3 N–H and O–H groups in total. The van der Waals surface area contributed by atoms with Gasteiger partial charge in [-0.25, -0.2) is 9.18 Å². The minimum Gasteiger partial charge on any atom is -0.396 e. The van der Waals surface area contributed by atoms with E-state index in [2.05, 4.69) is 10.6 Å². The zero-order chi connectivity index (χ0) is 13.2. The lowest BCUT2D eigenvalue weighted by Crippen LogP contribution is -2.35. The molecule has 4 nitrogen and oxygen atoms in total. The normalized spacial score (nSPS) is 16.2. The molecule has 1 saturated carbocycles. The van der Waals surface area contributed by atoms with Crippen LogP contribution in [0.1, 0.15) is 12.8 Å². The van der Waals surface area contributed by atoms with Gasteiger partial charge in [0.15, 0.2) is 5.82 Å². The van der Waals surface area contributed by atoms with E-state index < -0.39 is 11.8 Å². The van der Waals surface area contributed by atoms with Gasteiger partial charge in [-0.1, -0.05) is 17.7 Å². The van der Waals surface area contributed by atoms with Crippen LogP contribution in [0.15, 0.2) is 18.2 Å². The van der Waals surface area contributed by atoms with E-state index in [-0.39, 0.29) is 22.7 Å². The van der Waals surface area contributed by atoms with E-state index in [1.54, 1.807) is 6.07 Å². The monoisotopic (exact) mass is 272 g/mol. The highest BCUT2D eigenvalue weighted by Gasteiger charge is 2.42. The maximum absolute atomic E-state index is 13.5. The van der Waals surface area contributed by atoms with E-state index in [0.29, 0.717) is 6.54 Å². The number of carbonyl (C=O) groups is 1. The Kier molecular flexibility index (Phi) is 3.73. The SMILES string of the molecule is O=C(NCC1(CO)CC1)Nc1cccc(Cl)c1F. The average Bonchev–Trinajstić information content (AvgIpc) is 3.13. The van der Waals surface area contributed by atoms with Gasteiger partial charge in [0.1, 0.15) is 0 Å². The van der Waals surface area contributed by atoms with Crippen molar-refractivity contribution in [3.05, 3.63) is 29.0 Å². The highest BCUT2D eigenvalue weighted by atomic mass is 35.5. The smallest absolute Gasteiger partial charge is 0.319 e. The second-order valence-electron chi connectivity index (χ2n) is 4.57. The van der Waals surface area contributed by atoms with E-state index >= 15 is 0 Å². The fraction of sp³-hybridized carbons (Fsp3) is 0.417. The summed E-state index contributed by atoms with van der Waals surface area (Å²) in [6, 6.07) is 3.89. The van der Waals surface area contributed by atoms with Crippen molar-refractivity contribution in [2.24, 2.45) is 5.41 Å². The highest BCUT2D eigenvalue weighted by molar-refractivity contribution is 6.31. The van der Waals surface area contributed by atoms with Gasteiger partial charge < -0.3 is 15.7 Å². The molecular weight excluding hydrogens is 259 g/mol. The number of aliphatic hydroxyl groups excluding tert-OH is 1. The molecule has 0 heterocycles. The first-order valence-corrected chi connectivity index (χ1v) is 6.04. The van der Waals surface area contributed by atoms with E-state index in [1.165, 1.54) is 12.1 Å². The lowest BCUT2D eigenvalue weighted by molar-refractivity contribution is 0.206. The largest absolute Gasteiger partial charge is 0.396 e. The summed E-state index contributed by atoms with van der Waals surface area (Å²) >= 11 is 5.60. The van der Waals surface area contributed by atoms with Gasteiger partial charge in [-0.15, -0.1) is 0 Å². The molecule has 2 rings (SSSR count). The Labute approximate surface area is 109 Å². The number of rotatable bonds is 4. The number of anilines is 1. The van der Waals surface area contributed by atoms with Crippen LogP contribution in [0.2, 0.25) is 5.02 Å². The molecule has 2 amide bonds. The average molecular weight is 273 g/mol. The van der Waals surface area contributed by atoms with Crippen LogP contribution in [-0.4, -0.2) is 24.3 Å². The van der Waals surface area contributed by atoms with Crippen LogP contribution in [-0.2, 0) is 0 Å². The van der Waals surface area contributed by atoms with Gasteiger partial charge in [-0.2, -0.15) is 0 Å². The van der Waals surface area contributed by atoms with E-state index in [0.717, 1.165) is 12.8 Å². The number of amides is 2. The molecule has 0 bridgehead atoms. The number of benzene rings is 1. The molecule has 1 fully saturated rings. The molecule has 0 saturated heterocycles. The molecule has 0 aromatic heterocycles. The summed E-state index contributed by atoms with van der Waals surface area (Å²) in [7, 11) is 0. The topological polar surface area (TPSA) is 61.4 Å². The number of aliphatic hydroxyl groups is 1. The van der Waals surface area contributed by atoms with E-state index in [1.807, 2.05) is 0 Å². The molecule has 0 spiro atoms. The molecule has 6 heteroatoms. The number of hydrogen-bond donors (Lipinski definition) is 3. The Morgan fingerprint density at radius 3 is 2.83 bits per heavy atom. The van der Waals surface area contributed by atoms with E-state index in [9.17, 15) is 9.18 Å². The Hall–Kier alpha value is -1.33.